The summed E-state index contributed by atoms with van der Waals surface area (Å²) in [6, 6.07) is 14.3. The topological polar surface area (TPSA) is 55.1 Å². The molecule has 1 aliphatic rings. The molecule has 3 nitrogen and oxygen atoms in total. The summed E-state index contributed by atoms with van der Waals surface area (Å²) >= 11 is 0. The molecule has 19 heavy (non-hydrogen) atoms. The van der Waals surface area contributed by atoms with E-state index in [0.717, 1.165) is 18.4 Å². The molecule has 2 aromatic rings. The SMILES string of the molecule is CC(NC(=O)C1(N)CC1)c1cccc2ccccc12. The van der Waals surface area contributed by atoms with Crippen molar-refractivity contribution in [2.24, 2.45) is 5.73 Å². The van der Waals surface area contributed by atoms with Gasteiger partial charge < -0.3 is 11.1 Å². The lowest BCUT2D eigenvalue weighted by molar-refractivity contribution is -0.123. The van der Waals surface area contributed by atoms with Gasteiger partial charge >= 0.3 is 0 Å². The zero-order valence-electron chi connectivity index (χ0n) is 11.0. The largest absolute Gasteiger partial charge is 0.348 e. The number of hydrogen-bond donors (Lipinski definition) is 2. The van der Waals surface area contributed by atoms with Gasteiger partial charge in [-0.05, 0) is 36.1 Å². The quantitative estimate of drug-likeness (QED) is 0.884. The predicted octanol–water partition coefficient (Wildman–Crippen LogP) is 2.51. The van der Waals surface area contributed by atoms with E-state index < -0.39 is 5.54 Å². The van der Waals surface area contributed by atoms with Crippen molar-refractivity contribution in [2.45, 2.75) is 31.3 Å². The smallest absolute Gasteiger partial charge is 0.240 e. The van der Waals surface area contributed by atoms with E-state index in [1.165, 1.54) is 10.8 Å². The summed E-state index contributed by atoms with van der Waals surface area (Å²) in [7, 11) is 0. The second kappa shape index (κ2) is 4.35. The summed E-state index contributed by atoms with van der Waals surface area (Å²) in [5, 5.41) is 5.40. The van der Waals surface area contributed by atoms with E-state index in [1.54, 1.807) is 0 Å². The van der Waals surface area contributed by atoms with Crippen molar-refractivity contribution in [1.29, 1.82) is 0 Å². The summed E-state index contributed by atoms with van der Waals surface area (Å²) in [6.07, 6.45) is 1.59. The molecular weight excluding hydrogens is 236 g/mol. The van der Waals surface area contributed by atoms with Crippen molar-refractivity contribution in [3.8, 4) is 0 Å². The Labute approximate surface area is 112 Å². The Bertz CT molecular complexity index is 626. The average Bonchev–Trinajstić information content (AvgIpc) is 3.17. The van der Waals surface area contributed by atoms with Gasteiger partial charge in [0, 0.05) is 0 Å². The van der Waals surface area contributed by atoms with E-state index in [0.29, 0.717) is 0 Å². The number of amides is 1. The third-order valence-corrected chi connectivity index (χ3v) is 3.88. The molecule has 3 N–H and O–H groups in total. The van der Waals surface area contributed by atoms with Crippen molar-refractivity contribution in [2.75, 3.05) is 0 Å². The van der Waals surface area contributed by atoms with Crippen LogP contribution in [0.2, 0.25) is 0 Å². The minimum atomic E-state index is -0.612. The lowest BCUT2D eigenvalue weighted by Gasteiger charge is -2.19. The van der Waals surface area contributed by atoms with Gasteiger partial charge in [0.15, 0.2) is 0 Å². The highest BCUT2D eigenvalue weighted by molar-refractivity contribution is 5.90. The van der Waals surface area contributed by atoms with Crippen LogP contribution in [0.3, 0.4) is 0 Å². The van der Waals surface area contributed by atoms with Crippen LogP contribution in [0.1, 0.15) is 31.4 Å². The number of hydrogen-bond acceptors (Lipinski definition) is 2. The van der Waals surface area contributed by atoms with E-state index in [4.69, 9.17) is 5.73 Å². The molecule has 0 heterocycles. The highest BCUT2D eigenvalue weighted by atomic mass is 16.2. The van der Waals surface area contributed by atoms with Crippen LogP contribution in [-0.2, 0) is 4.79 Å². The van der Waals surface area contributed by atoms with Gasteiger partial charge in [0.1, 0.15) is 0 Å². The van der Waals surface area contributed by atoms with Crippen molar-refractivity contribution < 1.29 is 4.79 Å². The standard InChI is InChI=1S/C16H18N2O/c1-11(18-15(19)16(17)9-10-16)13-8-4-6-12-5-2-3-7-14(12)13/h2-8,11H,9-10,17H2,1H3,(H,18,19). The first kappa shape index (κ1) is 12.2. The molecule has 1 amide bonds. The maximum atomic E-state index is 12.0. The van der Waals surface area contributed by atoms with Crippen LogP contribution in [0.5, 0.6) is 0 Å². The lowest BCUT2D eigenvalue weighted by Crippen LogP contribution is -2.43. The monoisotopic (exact) mass is 254 g/mol. The van der Waals surface area contributed by atoms with Crippen molar-refractivity contribution >= 4 is 16.7 Å². The van der Waals surface area contributed by atoms with Gasteiger partial charge in [0.2, 0.25) is 5.91 Å². The first-order chi connectivity index (χ1) is 9.10. The molecule has 98 valence electrons. The molecule has 0 saturated heterocycles. The van der Waals surface area contributed by atoms with Gasteiger partial charge in [-0.15, -0.1) is 0 Å². The lowest BCUT2D eigenvalue weighted by atomic mass is 9.99. The van der Waals surface area contributed by atoms with Crippen LogP contribution in [0, 0.1) is 0 Å². The van der Waals surface area contributed by atoms with Crippen molar-refractivity contribution in [1.82, 2.24) is 5.32 Å². The second-order valence-corrected chi connectivity index (χ2v) is 5.42. The van der Waals surface area contributed by atoms with E-state index in [-0.39, 0.29) is 11.9 Å². The highest BCUT2D eigenvalue weighted by Gasteiger charge is 2.46. The number of nitrogens with one attached hydrogen (secondary N) is 1. The zero-order valence-corrected chi connectivity index (χ0v) is 11.0. The summed E-state index contributed by atoms with van der Waals surface area (Å²) in [4.78, 5) is 12.0. The Balaban J connectivity index is 1.89. The fourth-order valence-electron chi connectivity index (χ4n) is 2.41. The minimum Gasteiger partial charge on any atom is -0.348 e. The fraction of sp³-hybridized carbons (Fsp3) is 0.312. The summed E-state index contributed by atoms with van der Waals surface area (Å²) < 4.78 is 0. The van der Waals surface area contributed by atoms with Crippen LogP contribution in [0.4, 0.5) is 0 Å². The van der Waals surface area contributed by atoms with Gasteiger partial charge in [-0.1, -0.05) is 42.5 Å². The molecule has 1 atom stereocenters. The van der Waals surface area contributed by atoms with Crippen molar-refractivity contribution in [3.05, 3.63) is 48.0 Å². The number of benzene rings is 2. The molecule has 2 aromatic carbocycles. The molecule has 0 radical (unpaired) electrons. The first-order valence-corrected chi connectivity index (χ1v) is 6.68. The van der Waals surface area contributed by atoms with Crippen LogP contribution in [0.25, 0.3) is 10.8 Å². The second-order valence-electron chi connectivity index (χ2n) is 5.42. The number of carbonyl (C=O) groups excluding carboxylic acids is 1. The van der Waals surface area contributed by atoms with Crippen molar-refractivity contribution in [3.63, 3.8) is 0 Å². The van der Waals surface area contributed by atoms with E-state index in [9.17, 15) is 4.79 Å². The Morgan fingerprint density at radius 3 is 2.63 bits per heavy atom. The minimum absolute atomic E-state index is 0.0281. The molecule has 3 rings (SSSR count). The summed E-state index contributed by atoms with van der Waals surface area (Å²) in [5.41, 5.74) is 6.44. The van der Waals surface area contributed by atoms with E-state index in [2.05, 4.69) is 29.6 Å². The average molecular weight is 254 g/mol. The highest BCUT2D eigenvalue weighted by Crippen LogP contribution is 2.33. The van der Waals surface area contributed by atoms with Crippen LogP contribution in [-0.4, -0.2) is 11.4 Å². The Morgan fingerprint density at radius 2 is 1.89 bits per heavy atom. The molecule has 1 fully saturated rings. The third kappa shape index (κ3) is 2.22. The Kier molecular flexibility index (Phi) is 2.79. The molecule has 1 saturated carbocycles. The zero-order chi connectivity index (χ0) is 13.5. The number of fused-ring (bicyclic) bond motifs is 1. The Morgan fingerprint density at radius 1 is 1.21 bits per heavy atom. The van der Waals surface area contributed by atoms with Crippen LogP contribution in [0.15, 0.2) is 42.5 Å². The molecule has 0 aromatic heterocycles. The molecule has 1 aliphatic carbocycles. The van der Waals surface area contributed by atoms with Crippen LogP contribution >= 0.6 is 0 Å². The summed E-state index contributed by atoms with van der Waals surface area (Å²) in [6.45, 7) is 2.01. The van der Waals surface area contributed by atoms with Gasteiger partial charge in [-0.2, -0.15) is 0 Å². The fourth-order valence-corrected chi connectivity index (χ4v) is 2.41. The van der Waals surface area contributed by atoms with Gasteiger partial charge in [0.25, 0.3) is 0 Å². The molecule has 0 spiro atoms. The number of rotatable bonds is 3. The number of nitrogens with two attached hydrogens (primary N) is 1. The Hall–Kier alpha value is -1.87. The van der Waals surface area contributed by atoms with E-state index >= 15 is 0 Å². The van der Waals surface area contributed by atoms with Gasteiger partial charge in [0.05, 0.1) is 11.6 Å². The van der Waals surface area contributed by atoms with Gasteiger partial charge in [-0.25, -0.2) is 0 Å². The normalized spacial score (nSPS) is 18.0. The molecule has 1 unspecified atom stereocenters. The maximum absolute atomic E-state index is 12.0. The molecule has 3 heteroatoms. The summed E-state index contributed by atoms with van der Waals surface area (Å²) in [5.74, 6) is -0.0343. The number of carbonyl (C=O) groups is 1. The molecular formula is C16H18N2O. The first-order valence-electron chi connectivity index (χ1n) is 6.68. The van der Waals surface area contributed by atoms with Gasteiger partial charge in [-0.3, -0.25) is 4.79 Å². The molecule has 0 aliphatic heterocycles. The van der Waals surface area contributed by atoms with Crippen LogP contribution < -0.4 is 11.1 Å². The maximum Gasteiger partial charge on any atom is 0.240 e. The predicted molar refractivity (Wildman–Crippen MR) is 76.7 cm³/mol. The van der Waals surface area contributed by atoms with E-state index in [1.807, 2.05) is 25.1 Å². The third-order valence-electron chi connectivity index (χ3n) is 3.88. The molecule has 0 bridgehead atoms.